The van der Waals surface area contributed by atoms with Crippen LogP contribution in [0.15, 0.2) is 24.4 Å². The maximum atomic E-state index is 6.18. The van der Waals surface area contributed by atoms with Crippen molar-refractivity contribution in [2.24, 2.45) is 0 Å². The highest BCUT2D eigenvalue weighted by atomic mass is 35.5. The van der Waals surface area contributed by atoms with Crippen molar-refractivity contribution in [3.63, 3.8) is 0 Å². The van der Waals surface area contributed by atoms with Gasteiger partial charge in [0, 0.05) is 28.9 Å². The van der Waals surface area contributed by atoms with Crippen LogP contribution in [-0.4, -0.2) is 15.8 Å². The number of nitrogens with one attached hydrogen (secondary N) is 1. The first-order chi connectivity index (χ1) is 9.16. The highest BCUT2D eigenvalue weighted by molar-refractivity contribution is 6.31. The van der Waals surface area contributed by atoms with Gasteiger partial charge in [0.25, 0.3) is 0 Å². The highest BCUT2D eigenvalue weighted by Crippen LogP contribution is 2.24. The number of hydrogen-bond acceptors (Lipinski definition) is 2. The summed E-state index contributed by atoms with van der Waals surface area (Å²) in [5.41, 5.74) is 4.56. The molecule has 0 spiro atoms. The Bertz CT molecular complexity index is 599. The second-order valence-corrected chi connectivity index (χ2v) is 5.61. The van der Waals surface area contributed by atoms with E-state index >= 15 is 0 Å². The van der Waals surface area contributed by atoms with E-state index < -0.39 is 0 Å². The van der Waals surface area contributed by atoms with Crippen molar-refractivity contribution in [2.45, 2.75) is 39.3 Å². The molecule has 1 saturated carbocycles. The molecule has 0 aliphatic heterocycles. The molecule has 1 aliphatic carbocycles. The fourth-order valence-corrected chi connectivity index (χ4v) is 2.40. The monoisotopic (exact) mass is 275 g/mol. The minimum absolute atomic E-state index is 0.718. The maximum Gasteiger partial charge on any atom is 0.0692 e. The third-order valence-corrected chi connectivity index (χ3v) is 4.15. The molecule has 0 atom stereocenters. The van der Waals surface area contributed by atoms with Gasteiger partial charge >= 0.3 is 0 Å². The molecule has 0 amide bonds. The molecular weight excluding hydrogens is 258 g/mol. The Morgan fingerprint density at radius 3 is 2.89 bits per heavy atom. The van der Waals surface area contributed by atoms with Crippen molar-refractivity contribution in [2.75, 3.05) is 0 Å². The molecule has 1 aliphatic rings. The second kappa shape index (κ2) is 4.99. The topological polar surface area (TPSA) is 29.9 Å². The molecule has 4 heteroatoms. The molecule has 2 aromatic rings. The van der Waals surface area contributed by atoms with Crippen molar-refractivity contribution in [3.8, 4) is 5.69 Å². The largest absolute Gasteiger partial charge is 0.310 e. The zero-order valence-corrected chi connectivity index (χ0v) is 12.0. The molecule has 1 aromatic heterocycles. The normalized spacial score (nSPS) is 14.9. The Morgan fingerprint density at radius 2 is 2.16 bits per heavy atom. The Morgan fingerprint density at radius 1 is 1.37 bits per heavy atom. The van der Waals surface area contributed by atoms with E-state index in [0.717, 1.165) is 28.9 Å². The van der Waals surface area contributed by atoms with E-state index in [0.29, 0.717) is 0 Å². The summed E-state index contributed by atoms with van der Waals surface area (Å²) < 4.78 is 1.98. The second-order valence-electron chi connectivity index (χ2n) is 5.21. The van der Waals surface area contributed by atoms with Crippen LogP contribution in [-0.2, 0) is 6.54 Å². The van der Waals surface area contributed by atoms with Gasteiger partial charge < -0.3 is 5.32 Å². The van der Waals surface area contributed by atoms with Crippen LogP contribution in [0.2, 0.25) is 5.02 Å². The molecule has 0 unspecified atom stereocenters. The molecule has 3 nitrogen and oxygen atoms in total. The molecule has 100 valence electrons. The molecule has 19 heavy (non-hydrogen) atoms. The fourth-order valence-electron chi connectivity index (χ4n) is 2.23. The number of rotatable bonds is 4. The van der Waals surface area contributed by atoms with E-state index in [9.17, 15) is 0 Å². The van der Waals surface area contributed by atoms with Gasteiger partial charge in [0.1, 0.15) is 0 Å². The van der Waals surface area contributed by atoms with Gasteiger partial charge in [-0.25, -0.2) is 4.68 Å². The lowest BCUT2D eigenvalue weighted by molar-refractivity contribution is 0.684. The molecule has 1 N–H and O–H groups in total. The predicted molar refractivity (Wildman–Crippen MR) is 77.9 cm³/mol. The third kappa shape index (κ3) is 2.53. The summed E-state index contributed by atoms with van der Waals surface area (Å²) in [6.07, 6.45) is 4.56. The summed E-state index contributed by atoms with van der Waals surface area (Å²) in [7, 11) is 0. The summed E-state index contributed by atoms with van der Waals surface area (Å²) in [5.74, 6) is 0. The van der Waals surface area contributed by atoms with Crippen molar-refractivity contribution in [3.05, 3.63) is 46.2 Å². The average Bonchev–Trinajstić information content (AvgIpc) is 3.15. The first kappa shape index (κ1) is 12.7. The van der Waals surface area contributed by atoms with E-state index in [-0.39, 0.29) is 0 Å². The van der Waals surface area contributed by atoms with Crippen LogP contribution in [0.4, 0.5) is 0 Å². The molecular formula is C15H18ClN3. The number of benzene rings is 1. The van der Waals surface area contributed by atoms with Crippen molar-refractivity contribution in [1.29, 1.82) is 0 Å². The average molecular weight is 276 g/mol. The highest BCUT2D eigenvalue weighted by Gasteiger charge is 2.21. The maximum absolute atomic E-state index is 6.18. The number of aromatic nitrogens is 2. The van der Waals surface area contributed by atoms with Gasteiger partial charge in [-0.2, -0.15) is 5.10 Å². The quantitative estimate of drug-likeness (QED) is 0.927. The van der Waals surface area contributed by atoms with Gasteiger partial charge in [0.15, 0.2) is 0 Å². The summed E-state index contributed by atoms with van der Waals surface area (Å²) in [4.78, 5) is 0. The molecule has 1 fully saturated rings. The lowest BCUT2D eigenvalue weighted by atomic mass is 10.2. The number of halogens is 1. The van der Waals surface area contributed by atoms with Gasteiger partial charge in [-0.3, -0.25) is 0 Å². The molecule has 0 saturated heterocycles. The van der Waals surface area contributed by atoms with E-state index in [2.05, 4.69) is 23.4 Å². The van der Waals surface area contributed by atoms with Gasteiger partial charge in [0.05, 0.1) is 11.9 Å². The predicted octanol–water partition coefficient (Wildman–Crippen LogP) is 3.39. The van der Waals surface area contributed by atoms with Crippen LogP contribution in [0.25, 0.3) is 5.69 Å². The van der Waals surface area contributed by atoms with Crippen LogP contribution < -0.4 is 5.32 Å². The van der Waals surface area contributed by atoms with Crippen LogP contribution in [0.5, 0.6) is 0 Å². The molecule has 0 bridgehead atoms. The third-order valence-electron chi connectivity index (χ3n) is 3.74. The number of hydrogen-bond donors (Lipinski definition) is 1. The Balaban J connectivity index is 1.89. The first-order valence-electron chi connectivity index (χ1n) is 6.69. The minimum Gasteiger partial charge on any atom is -0.310 e. The van der Waals surface area contributed by atoms with E-state index in [1.807, 2.05) is 29.9 Å². The summed E-state index contributed by atoms with van der Waals surface area (Å²) >= 11 is 6.18. The standard InChI is InChI=1S/C15H18ClN3/c1-10-14(16)4-3-5-15(10)19-11(2)12(9-18-19)8-17-13-6-7-13/h3-5,9,13,17H,6-8H2,1-2H3. The molecule has 0 radical (unpaired) electrons. The van der Waals surface area contributed by atoms with Crippen LogP contribution in [0.1, 0.15) is 29.7 Å². The first-order valence-corrected chi connectivity index (χ1v) is 7.07. The smallest absolute Gasteiger partial charge is 0.0692 e. The SMILES string of the molecule is Cc1c(Cl)cccc1-n1ncc(CNC2CC2)c1C. The van der Waals surface area contributed by atoms with Crippen molar-refractivity contribution < 1.29 is 0 Å². The van der Waals surface area contributed by atoms with Crippen LogP contribution in [0.3, 0.4) is 0 Å². The van der Waals surface area contributed by atoms with Gasteiger partial charge in [-0.05, 0) is 44.4 Å². The molecule has 3 rings (SSSR count). The Kier molecular flexibility index (Phi) is 3.33. The summed E-state index contributed by atoms with van der Waals surface area (Å²) in [6.45, 7) is 5.04. The lowest BCUT2D eigenvalue weighted by Crippen LogP contribution is -2.15. The fraction of sp³-hybridized carbons (Fsp3) is 0.400. The van der Waals surface area contributed by atoms with Crippen molar-refractivity contribution >= 4 is 11.6 Å². The Labute approximate surface area is 118 Å². The molecule has 1 heterocycles. The van der Waals surface area contributed by atoms with Gasteiger partial charge in [-0.15, -0.1) is 0 Å². The lowest BCUT2D eigenvalue weighted by Gasteiger charge is -2.10. The van der Waals surface area contributed by atoms with E-state index in [1.54, 1.807) is 0 Å². The van der Waals surface area contributed by atoms with Crippen LogP contribution >= 0.6 is 11.6 Å². The zero-order valence-electron chi connectivity index (χ0n) is 11.3. The van der Waals surface area contributed by atoms with E-state index in [4.69, 9.17) is 11.6 Å². The van der Waals surface area contributed by atoms with Crippen molar-refractivity contribution in [1.82, 2.24) is 15.1 Å². The van der Waals surface area contributed by atoms with Crippen LogP contribution in [0, 0.1) is 13.8 Å². The van der Waals surface area contributed by atoms with Gasteiger partial charge in [0.2, 0.25) is 0 Å². The minimum atomic E-state index is 0.718. The zero-order chi connectivity index (χ0) is 13.4. The van der Waals surface area contributed by atoms with E-state index in [1.165, 1.54) is 24.1 Å². The summed E-state index contributed by atoms with van der Waals surface area (Å²) in [6, 6.07) is 6.65. The number of nitrogens with zero attached hydrogens (tertiary/aromatic N) is 2. The Hall–Kier alpha value is -1.32. The molecule has 1 aromatic carbocycles. The summed E-state index contributed by atoms with van der Waals surface area (Å²) in [5, 5.41) is 8.81. The van der Waals surface area contributed by atoms with Gasteiger partial charge in [-0.1, -0.05) is 17.7 Å².